The van der Waals surface area contributed by atoms with Gasteiger partial charge in [-0.2, -0.15) is 0 Å². The Balaban J connectivity index is 1.31. The van der Waals surface area contributed by atoms with Gasteiger partial charge in [-0.05, 0) is 67.3 Å². The van der Waals surface area contributed by atoms with Crippen molar-refractivity contribution in [2.45, 2.75) is 44.6 Å². The van der Waals surface area contributed by atoms with Crippen molar-refractivity contribution in [2.75, 3.05) is 31.1 Å². The maximum Gasteiger partial charge on any atom is 0.241 e. The zero-order valence-corrected chi connectivity index (χ0v) is 17.9. The Bertz CT molecular complexity index is 818. The zero-order chi connectivity index (χ0) is 20.1. The van der Waals surface area contributed by atoms with Gasteiger partial charge in [0.1, 0.15) is 6.04 Å². The fraction of sp³-hybridized carbons (Fsp3) is 0.696. The summed E-state index contributed by atoms with van der Waals surface area (Å²) < 4.78 is 23.8. The van der Waals surface area contributed by atoms with E-state index >= 15 is 0 Å². The van der Waals surface area contributed by atoms with Gasteiger partial charge in [0.25, 0.3) is 0 Å². The maximum atomic E-state index is 13.4. The highest BCUT2D eigenvalue weighted by Gasteiger charge is 2.51. The van der Waals surface area contributed by atoms with Gasteiger partial charge in [-0.1, -0.05) is 30.3 Å². The smallest absolute Gasteiger partial charge is 0.241 e. The number of hydrogen-bond acceptors (Lipinski definition) is 4. The summed E-state index contributed by atoms with van der Waals surface area (Å²) in [7, 11) is -2.97. The highest BCUT2D eigenvalue weighted by Crippen LogP contribution is 2.59. The Kier molecular flexibility index (Phi) is 4.98. The monoisotopic (exact) mass is 416 g/mol. The maximum absolute atomic E-state index is 13.4. The predicted octanol–water partition coefficient (Wildman–Crippen LogP) is 2.79. The molecule has 1 aromatic rings. The average molecular weight is 417 g/mol. The molecule has 1 saturated heterocycles. The first-order valence-electron chi connectivity index (χ1n) is 11.2. The van der Waals surface area contributed by atoms with Crippen molar-refractivity contribution >= 4 is 15.7 Å². The minimum Gasteiger partial charge on any atom is -0.354 e. The van der Waals surface area contributed by atoms with Crippen molar-refractivity contribution in [2.24, 2.45) is 23.2 Å². The number of rotatable bonds is 5. The van der Waals surface area contributed by atoms with E-state index in [0.29, 0.717) is 18.5 Å². The standard InChI is InChI=1S/C23H32N2O3S/c26-22(24-16-23-13-17-10-18(14-23)12-19(11-17)15-23)21(20-4-2-1-3-5-20)25-6-8-29(27,28)9-7-25/h1-5,17-19,21H,6-16H2,(H,24,26). The summed E-state index contributed by atoms with van der Waals surface area (Å²) in [5.74, 6) is 2.92. The molecule has 1 unspecified atom stereocenters. The molecule has 5 fully saturated rings. The molecule has 4 bridgehead atoms. The van der Waals surface area contributed by atoms with Crippen LogP contribution in [-0.2, 0) is 14.6 Å². The van der Waals surface area contributed by atoms with Gasteiger partial charge in [0.2, 0.25) is 5.91 Å². The largest absolute Gasteiger partial charge is 0.354 e. The molecule has 0 spiro atoms. The SMILES string of the molecule is O=C(NCC12CC3CC(CC(C3)C1)C2)C(c1ccccc1)N1CCS(=O)(=O)CC1. The van der Waals surface area contributed by atoms with Crippen molar-refractivity contribution in [1.82, 2.24) is 10.2 Å². The number of benzene rings is 1. The lowest BCUT2D eigenvalue weighted by Gasteiger charge is -2.57. The highest BCUT2D eigenvalue weighted by molar-refractivity contribution is 7.91. The second-order valence-electron chi connectivity index (χ2n) is 10.1. The van der Waals surface area contributed by atoms with Crippen LogP contribution >= 0.6 is 0 Å². The number of carbonyl (C=O) groups excluding carboxylic acids is 1. The molecule has 4 aliphatic carbocycles. The summed E-state index contributed by atoms with van der Waals surface area (Å²) >= 11 is 0. The van der Waals surface area contributed by atoms with E-state index in [2.05, 4.69) is 5.32 Å². The second kappa shape index (κ2) is 7.38. The van der Waals surface area contributed by atoms with Crippen LogP contribution in [0.5, 0.6) is 0 Å². The van der Waals surface area contributed by atoms with Crippen LogP contribution in [-0.4, -0.2) is 50.4 Å². The molecule has 158 valence electrons. The molecule has 1 N–H and O–H groups in total. The van der Waals surface area contributed by atoms with E-state index in [-0.39, 0.29) is 17.4 Å². The lowest BCUT2D eigenvalue weighted by Crippen LogP contribution is -2.53. The fourth-order valence-electron chi connectivity index (χ4n) is 7.03. The number of sulfone groups is 1. The molecule has 1 atom stereocenters. The molecule has 6 heteroatoms. The quantitative estimate of drug-likeness (QED) is 0.802. The van der Waals surface area contributed by atoms with E-state index in [1.807, 2.05) is 35.2 Å². The first-order chi connectivity index (χ1) is 13.9. The number of amides is 1. The van der Waals surface area contributed by atoms with Crippen molar-refractivity contribution in [1.29, 1.82) is 0 Å². The lowest BCUT2D eigenvalue weighted by molar-refractivity contribution is -0.128. The summed E-state index contributed by atoms with van der Waals surface area (Å²) in [6.45, 7) is 1.63. The van der Waals surface area contributed by atoms with E-state index < -0.39 is 15.9 Å². The Morgan fingerprint density at radius 3 is 2.10 bits per heavy atom. The van der Waals surface area contributed by atoms with Crippen LogP contribution in [0.25, 0.3) is 0 Å². The molecule has 1 amide bonds. The number of nitrogens with zero attached hydrogens (tertiary/aromatic N) is 1. The molecular formula is C23H32N2O3S. The van der Waals surface area contributed by atoms with Crippen molar-refractivity contribution < 1.29 is 13.2 Å². The number of carbonyl (C=O) groups is 1. The summed E-state index contributed by atoms with van der Waals surface area (Å²) in [4.78, 5) is 15.4. The zero-order valence-electron chi connectivity index (χ0n) is 17.1. The van der Waals surface area contributed by atoms with E-state index in [0.717, 1.165) is 29.9 Å². The summed E-state index contributed by atoms with van der Waals surface area (Å²) in [5, 5.41) is 3.33. The van der Waals surface area contributed by atoms with Crippen molar-refractivity contribution in [3.05, 3.63) is 35.9 Å². The van der Waals surface area contributed by atoms with Gasteiger partial charge in [0, 0.05) is 19.6 Å². The normalized spacial score (nSPS) is 36.6. The molecule has 29 heavy (non-hydrogen) atoms. The third-order valence-corrected chi connectivity index (χ3v) is 9.52. The molecule has 1 heterocycles. The Morgan fingerprint density at radius 2 is 1.55 bits per heavy atom. The van der Waals surface area contributed by atoms with E-state index in [1.54, 1.807) is 0 Å². The second-order valence-corrected chi connectivity index (χ2v) is 12.4. The van der Waals surface area contributed by atoms with E-state index in [9.17, 15) is 13.2 Å². The highest BCUT2D eigenvalue weighted by atomic mass is 32.2. The van der Waals surface area contributed by atoms with Gasteiger partial charge in [-0.15, -0.1) is 0 Å². The Hall–Kier alpha value is -1.40. The van der Waals surface area contributed by atoms with Crippen molar-refractivity contribution in [3.63, 3.8) is 0 Å². The molecule has 0 aromatic heterocycles. The van der Waals surface area contributed by atoms with E-state index in [1.165, 1.54) is 38.5 Å². The fourth-order valence-corrected chi connectivity index (χ4v) is 8.26. The van der Waals surface area contributed by atoms with Crippen LogP contribution in [0.2, 0.25) is 0 Å². The first-order valence-corrected chi connectivity index (χ1v) is 13.0. The molecule has 5 nitrogen and oxygen atoms in total. The molecular weight excluding hydrogens is 384 g/mol. The van der Waals surface area contributed by atoms with Crippen LogP contribution in [0.1, 0.15) is 50.1 Å². The summed E-state index contributed by atoms with van der Waals surface area (Å²) in [6.07, 6.45) is 8.04. The number of hydrogen-bond donors (Lipinski definition) is 1. The molecule has 5 aliphatic rings. The predicted molar refractivity (Wildman–Crippen MR) is 113 cm³/mol. The van der Waals surface area contributed by atoms with Crippen LogP contribution in [0.3, 0.4) is 0 Å². The molecule has 1 aliphatic heterocycles. The van der Waals surface area contributed by atoms with Gasteiger partial charge in [0.15, 0.2) is 9.84 Å². The van der Waals surface area contributed by atoms with Crippen molar-refractivity contribution in [3.8, 4) is 0 Å². The third kappa shape index (κ3) is 3.98. The summed E-state index contributed by atoms with van der Waals surface area (Å²) in [6, 6.07) is 9.43. The minimum atomic E-state index is -2.97. The Morgan fingerprint density at radius 1 is 1.00 bits per heavy atom. The molecule has 6 rings (SSSR count). The lowest BCUT2D eigenvalue weighted by atomic mass is 9.49. The minimum absolute atomic E-state index is 0.0336. The molecule has 1 aromatic carbocycles. The average Bonchev–Trinajstić information content (AvgIpc) is 2.68. The molecule has 4 saturated carbocycles. The first kappa shape index (κ1) is 19.6. The van der Waals surface area contributed by atoms with Crippen LogP contribution in [0.15, 0.2) is 30.3 Å². The van der Waals surface area contributed by atoms with Gasteiger partial charge in [-0.3, -0.25) is 9.69 Å². The molecule has 0 radical (unpaired) electrons. The third-order valence-electron chi connectivity index (χ3n) is 7.91. The van der Waals surface area contributed by atoms with Crippen LogP contribution in [0, 0.1) is 23.2 Å². The van der Waals surface area contributed by atoms with Gasteiger partial charge < -0.3 is 5.32 Å². The topological polar surface area (TPSA) is 66.5 Å². The van der Waals surface area contributed by atoms with Crippen LogP contribution < -0.4 is 5.32 Å². The van der Waals surface area contributed by atoms with E-state index in [4.69, 9.17) is 0 Å². The van der Waals surface area contributed by atoms with Gasteiger partial charge in [0.05, 0.1) is 11.5 Å². The number of nitrogens with one attached hydrogen (secondary N) is 1. The van der Waals surface area contributed by atoms with Crippen LogP contribution in [0.4, 0.5) is 0 Å². The van der Waals surface area contributed by atoms with Gasteiger partial charge in [-0.25, -0.2) is 8.42 Å². The Labute approximate surface area is 174 Å². The van der Waals surface area contributed by atoms with Gasteiger partial charge >= 0.3 is 0 Å². The summed E-state index contributed by atoms with van der Waals surface area (Å²) in [5.41, 5.74) is 1.26.